The summed E-state index contributed by atoms with van der Waals surface area (Å²) in [6.07, 6.45) is 1.61. The van der Waals surface area contributed by atoms with E-state index in [0.717, 1.165) is 11.1 Å². The fourth-order valence-corrected chi connectivity index (χ4v) is 3.14. The number of benzene rings is 1. The third kappa shape index (κ3) is 6.03. The van der Waals surface area contributed by atoms with Crippen LogP contribution in [0.25, 0.3) is 0 Å². The standard InChI is InChI=1S/C25H29NO6/c1-5-29-23(27)12-13-26(16-20-7-6-14-30-20)25(28)21-10-11-24(31-21)32-22-15-19(17(2)3)9-8-18(22)4/h6-11,14-15,17H,5,12-13,16H2,1-4H3. The summed E-state index contributed by atoms with van der Waals surface area (Å²) < 4.78 is 22.0. The van der Waals surface area contributed by atoms with Crippen LogP contribution in [-0.4, -0.2) is 29.9 Å². The Hall–Kier alpha value is -3.48. The molecule has 0 atom stereocenters. The molecule has 0 saturated heterocycles. The molecule has 2 heterocycles. The van der Waals surface area contributed by atoms with Gasteiger partial charge >= 0.3 is 5.97 Å². The van der Waals surface area contributed by atoms with E-state index in [1.54, 1.807) is 31.2 Å². The lowest BCUT2D eigenvalue weighted by molar-refractivity contribution is -0.143. The first-order valence-electron chi connectivity index (χ1n) is 10.7. The first-order chi connectivity index (χ1) is 15.4. The van der Waals surface area contributed by atoms with Crippen molar-refractivity contribution in [2.45, 2.75) is 46.6 Å². The molecule has 0 saturated carbocycles. The Labute approximate surface area is 187 Å². The molecule has 0 aliphatic heterocycles. The minimum Gasteiger partial charge on any atom is -0.467 e. The van der Waals surface area contributed by atoms with E-state index < -0.39 is 0 Å². The number of rotatable bonds is 10. The molecular formula is C25H29NO6. The van der Waals surface area contributed by atoms with E-state index in [9.17, 15) is 9.59 Å². The van der Waals surface area contributed by atoms with Crippen LogP contribution in [0.2, 0.25) is 0 Å². The summed E-state index contributed by atoms with van der Waals surface area (Å²) in [4.78, 5) is 26.4. The summed E-state index contributed by atoms with van der Waals surface area (Å²) in [5.74, 6) is 1.25. The number of ether oxygens (including phenoxy) is 2. The smallest absolute Gasteiger partial charge is 0.307 e. The van der Waals surface area contributed by atoms with Crippen molar-refractivity contribution in [2.24, 2.45) is 0 Å². The van der Waals surface area contributed by atoms with Crippen LogP contribution in [0.15, 0.2) is 57.6 Å². The molecule has 0 spiro atoms. The van der Waals surface area contributed by atoms with Crippen LogP contribution in [0.3, 0.4) is 0 Å². The van der Waals surface area contributed by atoms with Crippen molar-refractivity contribution in [3.05, 3.63) is 71.4 Å². The molecule has 1 amide bonds. The third-order valence-corrected chi connectivity index (χ3v) is 4.99. The number of carbonyl (C=O) groups excluding carboxylic acids is 2. The molecule has 7 nitrogen and oxygen atoms in total. The van der Waals surface area contributed by atoms with Gasteiger partial charge in [0.2, 0.25) is 0 Å². The van der Waals surface area contributed by atoms with E-state index in [2.05, 4.69) is 19.9 Å². The summed E-state index contributed by atoms with van der Waals surface area (Å²) in [6, 6.07) is 12.7. The largest absolute Gasteiger partial charge is 0.467 e. The Morgan fingerprint density at radius 2 is 1.94 bits per heavy atom. The summed E-state index contributed by atoms with van der Waals surface area (Å²) in [7, 11) is 0. The Kier molecular flexibility index (Phi) is 7.76. The second-order valence-corrected chi connectivity index (χ2v) is 7.76. The van der Waals surface area contributed by atoms with Crippen LogP contribution in [0, 0.1) is 6.92 Å². The summed E-state index contributed by atoms with van der Waals surface area (Å²) in [6.45, 7) is 8.59. The zero-order chi connectivity index (χ0) is 23.1. The Bertz CT molecular complexity index is 1030. The lowest BCUT2D eigenvalue weighted by atomic mass is 10.0. The van der Waals surface area contributed by atoms with Crippen LogP contribution in [-0.2, 0) is 16.1 Å². The maximum absolute atomic E-state index is 13.1. The molecule has 0 fully saturated rings. The van der Waals surface area contributed by atoms with Gasteiger partial charge in [-0.1, -0.05) is 26.0 Å². The van der Waals surface area contributed by atoms with Crippen molar-refractivity contribution < 1.29 is 27.9 Å². The SMILES string of the molecule is CCOC(=O)CCN(Cc1ccco1)C(=O)c1ccc(Oc2cc(C(C)C)ccc2C)o1. The molecule has 1 aromatic carbocycles. The fraction of sp³-hybridized carbons (Fsp3) is 0.360. The van der Waals surface area contributed by atoms with Crippen molar-refractivity contribution >= 4 is 11.9 Å². The number of aryl methyl sites for hydroxylation is 1. The molecule has 2 aromatic heterocycles. The summed E-state index contributed by atoms with van der Waals surface area (Å²) in [5, 5.41) is 0. The minimum atomic E-state index is -0.367. The van der Waals surface area contributed by atoms with Gasteiger partial charge in [0, 0.05) is 12.6 Å². The van der Waals surface area contributed by atoms with Gasteiger partial charge < -0.3 is 23.2 Å². The maximum atomic E-state index is 13.1. The number of hydrogen-bond donors (Lipinski definition) is 0. The molecule has 7 heteroatoms. The van der Waals surface area contributed by atoms with Gasteiger partial charge in [-0.25, -0.2) is 0 Å². The highest BCUT2D eigenvalue weighted by atomic mass is 16.6. The Morgan fingerprint density at radius 3 is 2.62 bits per heavy atom. The number of nitrogens with zero attached hydrogens (tertiary/aromatic N) is 1. The normalized spacial score (nSPS) is 10.9. The van der Waals surface area contributed by atoms with Crippen LogP contribution < -0.4 is 4.74 Å². The number of esters is 1. The second kappa shape index (κ2) is 10.7. The average molecular weight is 440 g/mol. The molecule has 0 unspecified atom stereocenters. The number of carbonyl (C=O) groups is 2. The van der Waals surface area contributed by atoms with Crippen LogP contribution in [0.5, 0.6) is 11.7 Å². The van der Waals surface area contributed by atoms with Crippen molar-refractivity contribution in [3.8, 4) is 11.7 Å². The van der Waals surface area contributed by atoms with Gasteiger partial charge in [-0.05, 0) is 55.2 Å². The van der Waals surface area contributed by atoms with Crippen LogP contribution in [0.1, 0.15) is 60.6 Å². The van der Waals surface area contributed by atoms with E-state index in [1.165, 1.54) is 11.2 Å². The van der Waals surface area contributed by atoms with Gasteiger partial charge in [0.1, 0.15) is 11.5 Å². The molecule has 0 bridgehead atoms. The van der Waals surface area contributed by atoms with Crippen molar-refractivity contribution in [1.29, 1.82) is 0 Å². The monoisotopic (exact) mass is 439 g/mol. The quantitative estimate of drug-likeness (QED) is 0.377. The molecule has 32 heavy (non-hydrogen) atoms. The Balaban J connectivity index is 1.74. The van der Waals surface area contributed by atoms with Crippen molar-refractivity contribution in [3.63, 3.8) is 0 Å². The highest BCUT2D eigenvalue weighted by Gasteiger charge is 2.22. The number of hydrogen-bond acceptors (Lipinski definition) is 6. The van der Waals surface area contributed by atoms with Crippen molar-refractivity contribution in [1.82, 2.24) is 4.90 Å². The zero-order valence-corrected chi connectivity index (χ0v) is 18.9. The summed E-state index contributed by atoms with van der Waals surface area (Å²) in [5.41, 5.74) is 2.12. The molecule has 0 aliphatic carbocycles. The van der Waals surface area contributed by atoms with E-state index in [0.29, 0.717) is 24.0 Å². The highest BCUT2D eigenvalue weighted by Crippen LogP contribution is 2.30. The van der Waals surface area contributed by atoms with E-state index in [1.807, 2.05) is 19.1 Å². The molecule has 0 N–H and O–H groups in total. The average Bonchev–Trinajstić information content (AvgIpc) is 3.44. The first-order valence-corrected chi connectivity index (χ1v) is 10.7. The minimum absolute atomic E-state index is 0.0749. The predicted molar refractivity (Wildman–Crippen MR) is 119 cm³/mol. The molecule has 0 aliphatic rings. The maximum Gasteiger partial charge on any atom is 0.307 e. The lowest BCUT2D eigenvalue weighted by Crippen LogP contribution is -2.32. The molecule has 3 aromatic rings. The van der Waals surface area contributed by atoms with Gasteiger partial charge in [-0.15, -0.1) is 0 Å². The fourth-order valence-electron chi connectivity index (χ4n) is 3.14. The van der Waals surface area contributed by atoms with Crippen LogP contribution in [0.4, 0.5) is 0 Å². The molecule has 0 radical (unpaired) electrons. The first kappa shape index (κ1) is 23.2. The van der Waals surface area contributed by atoms with Crippen molar-refractivity contribution in [2.75, 3.05) is 13.2 Å². The number of furan rings is 2. The zero-order valence-electron chi connectivity index (χ0n) is 18.9. The third-order valence-electron chi connectivity index (χ3n) is 4.99. The topological polar surface area (TPSA) is 82.1 Å². The van der Waals surface area contributed by atoms with E-state index >= 15 is 0 Å². The van der Waals surface area contributed by atoms with Gasteiger partial charge in [-0.2, -0.15) is 0 Å². The lowest BCUT2D eigenvalue weighted by Gasteiger charge is -2.20. The molecular weight excluding hydrogens is 410 g/mol. The van der Waals surface area contributed by atoms with Gasteiger partial charge in [-0.3, -0.25) is 9.59 Å². The van der Waals surface area contributed by atoms with Gasteiger partial charge in [0.05, 0.1) is 25.8 Å². The van der Waals surface area contributed by atoms with E-state index in [-0.39, 0.29) is 43.1 Å². The number of amides is 1. The summed E-state index contributed by atoms with van der Waals surface area (Å²) >= 11 is 0. The second-order valence-electron chi connectivity index (χ2n) is 7.76. The molecule has 170 valence electrons. The predicted octanol–water partition coefficient (Wildman–Crippen LogP) is 5.69. The van der Waals surface area contributed by atoms with Gasteiger partial charge in [0.25, 0.3) is 11.9 Å². The Morgan fingerprint density at radius 1 is 1.12 bits per heavy atom. The van der Waals surface area contributed by atoms with Crippen LogP contribution >= 0.6 is 0 Å². The van der Waals surface area contributed by atoms with E-state index in [4.69, 9.17) is 18.3 Å². The molecule has 3 rings (SSSR count). The highest BCUT2D eigenvalue weighted by molar-refractivity contribution is 5.91. The van der Waals surface area contributed by atoms with Gasteiger partial charge in [0.15, 0.2) is 5.76 Å².